The highest BCUT2D eigenvalue weighted by atomic mass is 16.7. The predicted octanol–water partition coefficient (Wildman–Crippen LogP) is 7.96. The predicted molar refractivity (Wildman–Crippen MR) is 264 cm³/mol. The number of aryl methyl sites for hydroxylation is 1. The Morgan fingerprint density at radius 3 is 1.93 bits per heavy atom. The average Bonchev–Trinajstić information content (AvgIpc) is 3.86. The van der Waals surface area contributed by atoms with E-state index in [1.807, 2.05) is 19.9 Å². The molecule has 388 valence electrons. The van der Waals surface area contributed by atoms with Crippen molar-refractivity contribution in [2.45, 2.75) is 85.1 Å². The number of hydrogen-bond acceptors (Lipinski definition) is 19. The molecule has 0 aliphatic carbocycles. The second kappa shape index (κ2) is 32.3. The van der Waals surface area contributed by atoms with E-state index in [1.165, 1.54) is 14.2 Å². The Labute approximate surface area is 419 Å². The Morgan fingerprint density at radius 1 is 0.781 bits per heavy atom. The number of fused-ring (bicyclic) bond motifs is 2. The van der Waals surface area contributed by atoms with Crippen LogP contribution in [0.25, 0.3) is 43.6 Å². The number of aromatic nitrogens is 3. The second-order valence-corrected chi connectivity index (χ2v) is 15.7. The van der Waals surface area contributed by atoms with Gasteiger partial charge >= 0.3 is 35.5 Å². The number of rotatable bonds is 24. The fourth-order valence-corrected chi connectivity index (χ4v) is 6.03. The van der Waals surface area contributed by atoms with Crippen molar-refractivity contribution in [3.05, 3.63) is 115 Å². The SMILES string of the molecule is C#Cc1ccc2cc(CC(=O)/C=C\C(=O)OC)c(=O)oc2c1.CCCCOC(=O)OCCCN=[N+]=[N-].CCCCOC(=O)OCCCn1cc(-c2ccc3cc(CC(=O)C(C)CC(=O)OC)c(=O)oc3c2)nn1. The van der Waals surface area contributed by atoms with E-state index in [9.17, 15) is 38.4 Å². The first-order valence-corrected chi connectivity index (χ1v) is 23.1. The Bertz CT molecular complexity index is 2910. The number of allylic oxidation sites excluding steroid dienone is 1. The summed E-state index contributed by atoms with van der Waals surface area (Å²) in [6.45, 7) is 7.63. The van der Waals surface area contributed by atoms with E-state index in [1.54, 1.807) is 60.3 Å². The Morgan fingerprint density at radius 2 is 1.36 bits per heavy atom. The van der Waals surface area contributed by atoms with Crippen molar-refractivity contribution in [2.75, 3.05) is 47.2 Å². The van der Waals surface area contributed by atoms with Gasteiger partial charge in [-0.3, -0.25) is 19.1 Å². The Hall–Kier alpha value is -8.57. The van der Waals surface area contributed by atoms with Crippen LogP contribution in [-0.2, 0) is 67.0 Å². The van der Waals surface area contributed by atoms with Gasteiger partial charge in [0.2, 0.25) is 0 Å². The molecule has 22 nitrogen and oxygen atoms in total. The van der Waals surface area contributed by atoms with Crippen LogP contribution in [0, 0.1) is 18.3 Å². The molecule has 0 aliphatic rings. The number of azide groups is 1. The molecule has 0 bridgehead atoms. The van der Waals surface area contributed by atoms with Crippen LogP contribution in [0.1, 0.15) is 82.4 Å². The summed E-state index contributed by atoms with van der Waals surface area (Å²) < 4.78 is 40.6. The number of nitrogens with zero attached hydrogens (tertiary/aromatic N) is 6. The average molecular weight is 1010 g/mol. The number of methoxy groups -OCH3 is 2. The third-order valence-electron chi connectivity index (χ3n) is 10.1. The lowest BCUT2D eigenvalue weighted by molar-refractivity contribution is -0.143. The summed E-state index contributed by atoms with van der Waals surface area (Å²) in [7, 11) is 2.47. The minimum absolute atomic E-state index is 0.0447. The number of ether oxygens (including phenoxy) is 6. The van der Waals surface area contributed by atoms with Crippen LogP contribution >= 0.6 is 0 Å². The van der Waals surface area contributed by atoms with Crippen LogP contribution in [0.15, 0.2) is 90.4 Å². The summed E-state index contributed by atoms with van der Waals surface area (Å²) in [4.78, 5) is 95.7. The van der Waals surface area contributed by atoms with Crippen molar-refractivity contribution in [3.8, 4) is 23.6 Å². The molecular formula is C51H58N6O16. The fourth-order valence-electron chi connectivity index (χ4n) is 6.03. The fraction of sp³-hybridized carbons (Fsp3) is 0.412. The standard InChI is InChI=1S/C26H31N3O8.C17H12O5.C8H15N3O3/c1-4-5-10-35-26(33)36-11-6-9-29-16-21(27-28-29)18-7-8-19-13-20(25(32)37-23(19)15-18)14-22(30)17(2)12-24(31)34-3;1-3-11-4-5-12-9-13(17(20)22-15(12)8-11)10-14(18)6-7-16(19)21-2;1-2-3-6-13-8(12)14-7-4-5-10-11-9/h7-8,13,15-17H,4-6,9-12,14H2,1-3H3;1,4-9H,10H2,2H3;2-7H2,1H3/b;7-6-;. The molecule has 5 aromatic rings. The van der Waals surface area contributed by atoms with Gasteiger partial charge in [0.15, 0.2) is 5.78 Å². The number of benzene rings is 2. The first kappa shape index (κ1) is 58.7. The summed E-state index contributed by atoms with van der Waals surface area (Å²) in [6.07, 6.45) is 12.0. The van der Waals surface area contributed by atoms with Crippen LogP contribution in [0.2, 0.25) is 0 Å². The molecule has 2 aromatic carbocycles. The topological polar surface area (TPSA) is 298 Å². The highest BCUT2D eigenvalue weighted by Gasteiger charge is 2.20. The number of ketones is 2. The smallest absolute Gasteiger partial charge is 0.469 e. The third kappa shape index (κ3) is 21.5. The third-order valence-corrected chi connectivity index (χ3v) is 10.1. The number of Topliss-reactive ketones (excluding diaryl/α,β-unsaturated/α-hetero) is 1. The van der Waals surface area contributed by atoms with Gasteiger partial charge in [-0.05, 0) is 67.3 Å². The number of carbonyl (C=O) groups excluding carboxylic acids is 6. The molecule has 0 radical (unpaired) electrons. The molecule has 0 N–H and O–H groups in total. The quantitative estimate of drug-likeness (QED) is 0.00651. The number of terminal acetylenes is 1. The van der Waals surface area contributed by atoms with Gasteiger partial charge in [-0.25, -0.2) is 24.0 Å². The zero-order valence-corrected chi connectivity index (χ0v) is 41.3. The monoisotopic (exact) mass is 1010 g/mol. The van der Waals surface area contributed by atoms with Crippen LogP contribution in [0.4, 0.5) is 9.59 Å². The lowest BCUT2D eigenvalue weighted by Crippen LogP contribution is -2.21. The number of hydrogen-bond donors (Lipinski definition) is 0. The van der Waals surface area contributed by atoms with Gasteiger partial charge in [-0.2, -0.15) is 0 Å². The highest BCUT2D eigenvalue weighted by Crippen LogP contribution is 2.23. The molecule has 0 amide bonds. The Kier molecular flexibility index (Phi) is 26.0. The van der Waals surface area contributed by atoms with Crippen LogP contribution in [-0.4, -0.2) is 98.0 Å². The van der Waals surface area contributed by atoms with Crippen LogP contribution < -0.4 is 11.3 Å². The van der Waals surface area contributed by atoms with Gasteiger partial charge in [-0.15, -0.1) is 11.5 Å². The van der Waals surface area contributed by atoms with Crippen molar-refractivity contribution in [1.29, 1.82) is 0 Å². The van der Waals surface area contributed by atoms with Crippen LogP contribution in [0.5, 0.6) is 0 Å². The van der Waals surface area contributed by atoms with Gasteiger partial charge in [0.05, 0.1) is 53.3 Å². The molecule has 3 aromatic heterocycles. The van der Waals surface area contributed by atoms with Gasteiger partial charge in [-0.1, -0.05) is 62.0 Å². The van der Waals surface area contributed by atoms with E-state index in [-0.39, 0.29) is 49.4 Å². The van der Waals surface area contributed by atoms with Crippen molar-refractivity contribution >= 4 is 57.8 Å². The normalized spacial score (nSPS) is 10.8. The van der Waals surface area contributed by atoms with E-state index >= 15 is 0 Å². The Balaban J connectivity index is 0.000000329. The van der Waals surface area contributed by atoms with E-state index in [2.05, 4.69) is 35.7 Å². The largest absolute Gasteiger partial charge is 0.508 e. The number of esters is 2. The minimum atomic E-state index is -0.673. The van der Waals surface area contributed by atoms with E-state index in [0.29, 0.717) is 77.9 Å². The van der Waals surface area contributed by atoms with Crippen LogP contribution in [0.3, 0.4) is 0 Å². The zero-order chi connectivity index (χ0) is 53.5. The molecule has 73 heavy (non-hydrogen) atoms. The van der Waals surface area contributed by atoms with Gasteiger partial charge < -0.3 is 37.3 Å². The van der Waals surface area contributed by atoms with Crippen molar-refractivity contribution in [3.63, 3.8) is 0 Å². The summed E-state index contributed by atoms with van der Waals surface area (Å²) in [6, 6.07) is 13.5. The van der Waals surface area contributed by atoms with Gasteiger partial charge in [0.1, 0.15) is 22.6 Å². The summed E-state index contributed by atoms with van der Waals surface area (Å²) >= 11 is 0. The molecular weight excluding hydrogens is 953 g/mol. The van der Waals surface area contributed by atoms with E-state index < -0.39 is 47.2 Å². The molecule has 0 saturated heterocycles. The molecule has 1 atom stereocenters. The van der Waals surface area contributed by atoms with Gasteiger partial charge in [0.25, 0.3) is 0 Å². The number of unbranched alkanes of at least 4 members (excludes halogenated alkanes) is 2. The summed E-state index contributed by atoms with van der Waals surface area (Å²) in [5.41, 5.74) is 9.76. The molecule has 0 saturated carbocycles. The van der Waals surface area contributed by atoms with Crippen molar-refractivity contribution < 1.29 is 66.0 Å². The van der Waals surface area contributed by atoms with E-state index in [4.69, 9.17) is 39.7 Å². The molecule has 22 heteroatoms. The minimum Gasteiger partial charge on any atom is -0.469 e. The van der Waals surface area contributed by atoms with Crippen molar-refractivity contribution in [1.82, 2.24) is 15.0 Å². The first-order chi connectivity index (χ1) is 35.1. The molecule has 0 fully saturated rings. The molecule has 3 heterocycles. The maximum Gasteiger partial charge on any atom is 0.508 e. The molecule has 0 spiro atoms. The first-order valence-electron chi connectivity index (χ1n) is 23.1. The molecule has 5 rings (SSSR count). The number of carbonyl (C=O) groups is 6. The van der Waals surface area contributed by atoms with Gasteiger partial charge in [0, 0.05) is 82.3 Å². The second-order valence-electron chi connectivity index (χ2n) is 15.7. The van der Waals surface area contributed by atoms with Crippen molar-refractivity contribution in [2.24, 2.45) is 11.0 Å². The summed E-state index contributed by atoms with van der Waals surface area (Å²) in [5, 5.41) is 12.9. The van der Waals surface area contributed by atoms with E-state index in [0.717, 1.165) is 37.8 Å². The maximum absolute atomic E-state index is 12.5. The lowest BCUT2D eigenvalue weighted by Gasteiger charge is -2.09. The molecule has 1 unspecified atom stereocenters. The lowest BCUT2D eigenvalue weighted by atomic mass is 9.97. The summed E-state index contributed by atoms with van der Waals surface area (Å²) in [5.74, 6) is 0.109. The zero-order valence-electron chi connectivity index (χ0n) is 41.3. The maximum atomic E-state index is 12.5. The highest BCUT2D eigenvalue weighted by molar-refractivity contribution is 5.97. The molecule has 0 aliphatic heterocycles.